The Balaban J connectivity index is 1.17. The van der Waals surface area contributed by atoms with Gasteiger partial charge in [-0.05, 0) is 57.9 Å². The third-order valence-corrected chi connectivity index (χ3v) is 7.41. The van der Waals surface area contributed by atoms with Gasteiger partial charge in [0.05, 0.1) is 0 Å². The Bertz CT molecular complexity index is 1890. The van der Waals surface area contributed by atoms with E-state index in [0.29, 0.717) is 33.0 Å². The second-order valence-corrected chi connectivity index (χ2v) is 10.6. The van der Waals surface area contributed by atoms with Crippen molar-refractivity contribution in [2.45, 2.75) is 0 Å². The third kappa shape index (κ3) is 5.71. The first-order chi connectivity index (χ1) is 19.8. The first-order valence-electron chi connectivity index (χ1n) is 12.8. The van der Waals surface area contributed by atoms with Crippen LogP contribution < -0.4 is 8.37 Å². The van der Waals surface area contributed by atoms with Crippen molar-refractivity contribution in [3.05, 3.63) is 156 Å². The Morgan fingerprint density at radius 2 is 0.780 bits per heavy atom. The minimum Gasteiger partial charge on any atom is -0.353 e. The predicted octanol–water partition coefficient (Wildman–Crippen LogP) is 7.16. The lowest BCUT2D eigenvalue weighted by molar-refractivity contribution is 0.103. The van der Waals surface area contributed by atoms with Gasteiger partial charge < -0.3 is 8.37 Å². The molecule has 0 aliphatic heterocycles. The summed E-state index contributed by atoms with van der Waals surface area (Å²) < 4.78 is 35.8. The number of ketones is 2. The summed E-state index contributed by atoms with van der Waals surface area (Å²) >= 11 is 0. The zero-order valence-corrected chi connectivity index (χ0v) is 22.4. The number of benzene rings is 6. The number of carbonyl (C=O) groups excluding carboxylic acids is 2. The highest BCUT2D eigenvalue weighted by molar-refractivity contribution is 7.82. The third-order valence-electron chi connectivity index (χ3n) is 6.62. The lowest BCUT2D eigenvalue weighted by Gasteiger charge is -2.10. The van der Waals surface area contributed by atoms with E-state index in [1.165, 1.54) is 12.1 Å². The first-order valence-corrected chi connectivity index (χ1v) is 14.1. The SMILES string of the molecule is O=C(c1ccccc1)c1ccc2cc(OS(=O)(=O)Oc3ccc4cc(C(=O)c5ccccc5)ccc4c3)ccc2c1. The van der Waals surface area contributed by atoms with Gasteiger partial charge in [0.2, 0.25) is 0 Å². The molecule has 0 unspecified atom stereocenters. The molecule has 6 nitrogen and oxygen atoms in total. The molecule has 6 aromatic carbocycles. The van der Waals surface area contributed by atoms with Gasteiger partial charge in [-0.3, -0.25) is 9.59 Å². The minimum atomic E-state index is -4.45. The lowest BCUT2D eigenvalue weighted by atomic mass is 10.00. The fourth-order valence-corrected chi connectivity index (χ4v) is 5.31. The summed E-state index contributed by atoms with van der Waals surface area (Å²) in [5.41, 5.74) is 2.23. The van der Waals surface area contributed by atoms with Crippen LogP contribution in [-0.2, 0) is 10.4 Å². The van der Waals surface area contributed by atoms with E-state index in [4.69, 9.17) is 8.37 Å². The first kappa shape index (κ1) is 26.0. The number of carbonyl (C=O) groups is 2. The minimum absolute atomic E-state index is 0.0736. The Morgan fingerprint density at radius 3 is 1.20 bits per heavy atom. The van der Waals surface area contributed by atoms with Crippen LogP contribution >= 0.6 is 0 Å². The maximum absolute atomic E-state index is 12.8. The molecule has 0 fully saturated rings. The zero-order chi connectivity index (χ0) is 28.4. The van der Waals surface area contributed by atoms with Crippen LogP contribution in [0.15, 0.2) is 133 Å². The van der Waals surface area contributed by atoms with Gasteiger partial charge in [-0.2, -0.15) is 0 Å². The van der Waals surface area contributed by atoms with Crippen molar-refractivity contribution in [1.29, 1.82) is 0 Å². The van der Waals surface area contributed by atoms with E-state index in [2.05, 4.69) is 0 Å². The predicted molar refractivity (Wildman–Crippen MR) is 158 cm³/mol. The van der Waals surface area contributed by atoms with Crippen LogP contribution in [-0.4, -0.2) is 20.0 Å². The van der Waals surface area contributed by atoms with Crippen molar-refractivity contribution in [1.82, 2.24) is 0 Å². The van der Waals surface area contributed by atoms with Crippen molar-refractivity contribution in [2.75, 3.05) is 0 Å². The Morgan fingerprint density at radius 1 is 0.415 bits per heavy atom. The van der Waals surface area contributed by atoms with Crippen molar-refractivity contribution in [3.63, 3.8) is 0 Å². The molecule has 41 heavy (non-hydrogen) atoms. The van der Waals surface area contributed by atoms with Crippen LogP contribution in [0.1, 0.15) is 31.8 Å². The molecule has 0 atom stereocenters. The standard InChI is InChI=1S/C34H22O6S/c35-33(23-7-3-1-4-8-23)29-13-11-27-21-31(17-15-25(27)19-29)39-41(37,38)40-32-18-16-26-20-30(14-12-28(26)22-32)34(36)24-9-5-2-6-10-24/h1-22H. The molecular weight excluding hydrogens is 536 g/mol. The maximum atomic E-state index is 12.8. The fraction of sp³-hybridized carbons (Fsp3) is 0. The number of rotatable bonds is 8. The molecule has 200 valence electrons. The zero-order valence-electron chi connectivity index (χ0n) is 21.6. The van der Waals surface area contributed by atoms with E-state index in [1.807, 2.05) is 36.4 Å². The smallest absolute Gasteiger partial charge is 0.353 e. The van der Waals surface area contributed by atoms with Gasteiger partial charge >= 0.3 is 10.4 Å². The van der Waals surface area contributed by atoms with Gasteiger partial charge in [-0.25, -0.2) is 0 Å². The summed E-state index contributed by atoms with van der Waals surface area (Å²) in [5, 5.41) is 2.93. The maximum Gasteiger partial charge on any atom is 0.500 e. The Kier molecular flexibility index (Phi) is 6.79. The van der Waals surface area contributed by atoms with Crippen LogP contribution in [0.2, 0.25) is 0 Å². The van der Waals surface area contributed by atoms with Crippen LogP contribution in [0.4, 0.5) is 0 Å². The topological polar surface area (TPSA) is 86.7 Å². The second kappa shape index (κ2) is 10.7. The molecule has 0 aliphatic rings. The molecule has 0 amide bonds. The van der Waals surface area contributed by atoms with Gasteiger partial charge in [-0.15, -0.1) is 8.42 Å². The highest BCUT2D eigenvalue weighted by Crippen LogP contribution is 2.27. The average molecular weight is 559 g/mol. The Labute approximate surface area is 236 Å². The van der Waals surface area contributed by atoms with E-state index in [-0.39, 0.29) is 23.1 Å². The Hall–Kier alpha value is -5.27. The highest BCUT2D eigenvalue weighted by atomic mass is 32.3. The average Bonchev–Trinajstić information content (AvgIpc) is 3.00. The summed E-state index contributed by atoms with van der Waals surface area (Å²) in [7, 11) is -4.45. The molecule has 7 heteroatoms. The van der Waals surface area contributed by atoms with Crippen molar-refractivity contribution in [2.24, 2.45) is 0 Å². The largest absolute Gasteiger partial charge is 0.500 e. The molecule has 0 spiro atoms. The van der Waals surface area contributed by atoms with Crippen molar-refractivity contribution >= 4 is 43.5 Å². The van der Waals surface area contributed by atoms with Gasteiger partial charge in [0.25, 0.3) is 0 Å². The molecule has 0 bridgehead atoms. The van der Waals surface area contributed by atoms with E-state index in [0.717, 1.165) is 10.8 Å². The fourth-order valence-electron chi connectivity index (χ4n) is 4.60. The molecule has 0 saturated heterocycles. The van der Waals surface area contributed by atoms with E-state index >= 15 is 0 Å². The van der Waals surface area contributed by atoms with Gasteiger partial charge in [0.15, 0.2) is 11.6 Å². The van der Waals surface area contributed by atoms with E-state index < -0.39 is 10.4 Å². The molecule has 6 aromatic rings. The van der Waals surface area contributed by atoms with Crippen molar-refractivity contribution in [3.8, 4) is 11.5 Å². The highest BCUT2D eigenvalue weighted by Gasteiger charge is 2.18. The van der Waals surface area contributed by atoms with Gasteiger partial charge in [0, 0.05) is 22.3 Å². The number of hydrogen-bond acceptors (Lipinski definition) is 6. The van der Waals surface area contributed by atoms with E-state index in [1.54, 1.807) is 84.9 Å². The molecule has 0 saturated carbocycles. The van der Waals surface area contributed by atoms with E-state index in [9.17, 15) is 18.0 Å². The lowest BCUT2D eigenvalue weighted by Crippen LogP contribution is -2.16. The molecule has 0 N–H and O–H groups in total. The van der Waals surface area contributed by atoms with Gasteiger partial charge in [0.1, 0.15) is 11.5 Å². The molecular formula is C34H22O6S. The molecule has 0 aromatic heterocycles. The summed E-state index contributed by atoms with van der Waals surface area (Å²) in [6.07, 6.45) is 0. The van der Waals surface area contributed by atoms with Crippen molar-refractivity contribution < 1.29 is 26.4 Å². The van der Waals surface area contributed by atoms with Crippen LogP contribution in [0.25, 0.3) is 21.5 Å². The number of fused-ring (bicyclic) bond motifs is 2. The van der Waals surface area contributed by atoms with Crippen LogP contribution in [0, 0.1) is 0 Å². The van der Waals surface area contributed by atoms with Crippen LogP contribution in [0.3, 0.4) is 0 Å². The quantitative estimate of drug-likeness (QED) is 0.184. The van der Waals surface area contributed by atoms with Crippen LogP contribution in [0.5, 0.6) is 11.5 Å². The monoisotopic (exact) mass is 558 g/mol. The summed E-state index contributed by atoms with van der Waals surface area (Å²) in [6, 6.07) is 37.9. The summed E-state index contributed by atoms with van der Waals surface area (Å²) in [6.45, 7) is 0. The normalized spacial score (nSPS) is 11.3. The summed E-state index contributed by atoms with van der Waals surface area (Å²) in [4.78, 5) is 25.5. The van der Waals surface area contributed by atoms with Gasteiger partial charge in [-0.1, -0.05) is 97.1 Å². The second-order valence-electron chi connectivity index (χ2n) is 9.41. The summed E-state index contributed by atoms with van der Waals surface area (Å²) in [5.74, 6) is -0.0506. The molecule has 0 radical (unpaired) electrons. The molecule has 6 rings (SSSR count). The molecule has 0 aliphatic carbocycles. The number of hydrogen-bond donors (Lipinski definition) is 0. The molecule has 0 heterocycles.